The second kappa shape index (κ2) is 8.06. The molecule has 0 spiro atoms. The second-order valence-corrected chi connectivity index (χ2v) is 5.01. The number of likely N-dealkylation sites (tertiary alicyclic amines) is 1. The highest BCUT2D eigenvalue weighted by atomic mass is 16.2. The number of likely N-dealkylation sites (N-methyl/N-ethyl adjacent to an activating group) is 2. The SMILES string of the molecule is CN(CCN1CCCC1)CC(=O)N(C)CCC#N. The maximum Gasteiger partial charge on any atom is 0.236 e. The summed E-state index contributed by atoms with van der Waals surface area (Å²) in [4.78, 5) is 18.0. The first-order valence-corrected chi connectivity index (χ1v) is 6.65. The Morgan fingerprint density at radius 2 is 1.94 bits per heavy atom. The van der Waals surface area contributed by atoms with Crippen molar-refractivity contribution in [1.29, 1.82) is 5.26 Å². The number of carbonyl (C=O) groups excluding carboxylic acids is 1. The summed E-state index contributed by atoms with van der Waals surface area (Å²) in [6.45, 7) is 5.34. The topological polar surface area (TPSA) is 50.6 Å². The molecular weight excluding hydrogens is 228 g/mol. The fourth-order valence-corrected chi connectivity index (χ4v) is 2.09. The summed E-state index contributed by atoms with van der Waals surface area (Å²) >= 11 is 0. The Kier molecular flexibility index (Phi) is 6.69. The summed E-state index contributed by atoms with van der Waals surface area (Å²) < 4.78 is 0. The third-order valence-corrected chi connectivity index (χ3v) is 3.39. The molecule has 0 saturated carbocycles. The molecule has 1 aliphatic heterocycles. The van der Waals surface area contributed by atoms with E-state index in [0.29, 0.717) is 19.5 Å². The number of carbonyl (C=O) groups is 1. The van der Waals surface area contributed by atoms with Crippen molar-refractivity contribution in [1.82, 2.24) is 14.7 Å². The average Bonchev–Trinajstić information content (AvgIpc) is 2.86. The Bertz CT molecular complexity index is 294. The van der Waals surface area contributed by atoms with Gasteiger partial charge in [-0.25, -0.2) is 0 Å². The fraction of sp³-hybridized carbons (Fsp3) is 0.846. The molecule has 0 aromatic heterocycles. The first-order chi connectivity index (χ1) is 8.63. The van der Waals surface area contributed by atoms with Gasteiger partial charge in [-0.1, -0.05) is 0 Å². The lowest BCUT2D eigenvalue weighted by Gasteiger charge is -2.23. The van der Waals surface area contributed by atoms with E-state index in [0.717, 1.165) is 13.1 Å². The minimum Gasteiger partial charge on any atom is -0.344 e. The summed E-state index contributed by atoms with van der Waals surface area (Å²) in [6.07, 6.45) is 3.01. The minimum atomic E-state index is 0.0918. The predicted octanol–water partition coefficient (Wildman–Crippen LogP) is 0.386. The number of rotatable bonds is 7. The predicted molar refractivity (Wildman–Crippen MR) is 71.0 cm³/mol. The molecule has 1 fully saturated rings. The van der Waals surface area contributed by atoms with Gasteiger partial charge >= 0.3 is 0 Å². The van der Waals surface area contributed by atoms with Gasteiger partial charge in [-0.15, -0.1) is 0 Å². The molecule has 18 heavy (non-hydrogen) atoms. The quantitative estimate of drug-likeness (QED) is 0.657. The van der Waals surface area contributed by atoms with E-state index in [2.05, 4.69) is 15.9 Å². The standard InChI is InChI=1S/C13H24N4O/c1-15(10-11-17-8-3-4-9-17)12-13(18)16(2)7-5-6-14/h3-5,7-12H2,1-2H3. The first-order valence-electron chi connectivity index (χ1n) is 6.65. The van der Waals surface area contributed by atoms with Gasteiger partial charge in [-0.3, -0.25) is 9.69 Å². The van der Waals surface area contributed by atoms with Crippen LogP contribution in [0.25, 0.3) is 0 Å². The van der Waals surface area contributed by atoms with E-state index in [-0.39, 0.29) is 5.91 Å². The van der Waals surface area contributed by atoms with Crippen LogP contribution in [0.4, 0.5) is 0 Å². The van der Waals surface area contributed by atoms with E-state index in [9.17, 15) is 4.79 Å². The van der Waals surface area contributed by atoms with Gasteiger partial charge in [-0.2, -0.15) is 5.26 Å². The molecule has 0 aliphatic carbocycles. The van der Waals surface area contributed by atoms with Crippen molar-refractivity contribution in [3.63, 3.8) is 0 Å². The van der Waals surface area contributed by atoms with Gasteiger partial charge in [0.05, 0.1) is 19.0 Å². The average molecular weight is 252 g/mol. The van der Waals surface area contributed by atoms with Crippen LogP contribution in [0, 0.1) is 11.3 Å². The molecule has 0 aromatic rings. The van der Waals surface area contributed by atoms with E-state index in [1.807, 2.05) is 7.05 Å². The monoisotopic (exact) mass is 252 g/mol. The van der Waals surface area contributed by atoms with E-state index in [1.165, 1.54) is 25.9 Å². The third kappa shape index (κ3) is 5.48. The molecule has 1 amide bonds. The normalized spacial score (nSPS) is 15.9. The Labute approximate surface area is 110 Å². The summed E-state index contributed by atoms with van der Waals surface area (Å²) in [7, 11) is 3.74. The first kappa shape index (κ1) is 14.9. The van der Waals surface area contributed by atoms with Crippen molar-refractivity contribution < 1.29 is 4.79 Å². The molecule has 0 radical (unpaired) electrons. The Morgan fingerprint density at radius 1 is 1.28 bits per heavy atom. The molecule has 5 heteroatoms. The van der Waals surface area contributed by atoms with Crippen molar-refractivity contribution in [2.75, 3.05) is 53.4 Å². The minimum absolute atomic E-state index is 0.0918. The number of nitrogens with zero attached hydrogens (tertiary/aromatic N) is 4. The van der Waals surface area contributed by atoms with Crippen LogP contribution < -0.4 is 0 Å². The van der Waals surface area contributed by atoms with E-state index in [1.54, 1.807) is 11.9 Å². The summed E-state index contributed by atoms with van der Waals surface area (Å²) in [6, 6.07) is 2.05. The van der Waals surface area contributed by atoms with Crippen LogP contribution in [0.15, 0.2) is 0 Å². The molecule has 1 heterocycles. The number of nitriles is 1. The van der Waals surface area contributed by atoms with Crippen LogP contribution in [-0.4, -0.2) is 74.0 Å². The maximum absolute atomic E-state index is 11.8. The molecule has 1 rings (SSSR count). The van der Waals surface area contributed by atoms with Gasteiger partial charge in [0.1, 0.15) is 0 Å². The molecular formula is C13H24N4O. The zero-order valence-electron chi connectivity index (χ0n) is 11.6. The molecule has 1 aliphatic rings. The van der Waals surface area contributed by atoms with Crippen LogP contribution in [-0.2, 0) is 4.79 Å². The molecule has 0 aromatic carbocycles. The summed E-state index contributed by atoms with van der Waals surface area (Å²) in [5, 5.41) is 8.48. The van der Waals surface area contributed by atoms with Gasteiger partial charge in [0.2, 0.25) is 5.91 Å². The van der Waals surface area contributed by atoms with Gasteiger partial charge in [0.15, 0.2) is 0 Å². The van der Waals surface area contributed by atoms with Crippen molar-refractivity contribution in [3.8, 4) is 6.07 Å². The highest BCUT2D eigenvalue weighted by Gasteiger charge is 2.14. The van der Waals surface area contributed by atoms with Crippen molar-refractivity contribution in [2.24, 2.45) is 0 Å². The van der Waals surface area contributed by atoms with Gasteiger partial charge in [0, 0.05) is 26.7 Å². The highest BCUT2D eigenvalue weighted by Crippen LogP contribution is 2.06. The fourth-order valence-electron chi connectivity index (χ4n) is 2.09. The van der Waals surface area contributed by atoms with Crippen molar-refractivity contribution in [2.45, 2.75) is 19.3 Å². The number of hydrogen-bond acceptors (Lipinski definition) is 4. The molecule has 1 saturated heterocycles. The lowest BCUT2D eigenvalue weighted by atomic mass is 10.4. The van der Waals surface area contributed by atoms with E-state index in [4.69, 9.17) is 5.26 Å². The zero-order valence-corrected chi connectivity index (χ0v) is 11.6. The molecule has 0 atom stereocenters. The molecule has 0 bridgehead atoms. The number of amides is 1. The van der Waals surface area contributed by atoms with Crippen LogP contribution in [0.3, 0.4) is 0 Å². The largest absolute Gasteiger partial charge is 0.344 e. The Balaban J connectivity index is 2.15. The summed E-state index contributed by atoms with van der Waals surface area (Å²) in [5.74, 6) is 0.0918. The highest BCUT2D eigenvalue weighted by molar-refractivity contribution is 5.77. The maximum atomic E-state index is 11.8. The second-order valence-electron chi connectivity index (χ2n) is 5.01. The van der Waals surface area contributed by atoms with E-state index >= 15 is 0 Å². The van der Waals surface area contributed by atoms with Crippen LogP contribution >= 0.6 is 0 Å². The van der Waals surface area contributed by atoms with Crippen molar-refractivity contribution >= 4 is 5.91 Å². The number of hydrogen-bond donors (Lipinski definition) is 0. The van der Waals surface area contributed by atoms with Crippen LogP contribution in [0.1, 0.15) is 19.3 Å². The van der Waals surface area contributed by atoms with Gasteiger partial charge < -0.3 is 9.80 Å². The summed E-state index contributed by atoms with van der Waals surface area (Å²) in [5.41, 5.74) is 0. The van der Waals surface area contributed by atoms with Gasteiger partial charge in [-0.05, 0) is 33.0 Å². The van der Waals surface area contributed by atoms with Crippen LogP contribution in [0.5, 0.6) is 0 Å². The molecule has 0 N–H and O–H groups in total. The Morgan fingerprint density at radius 3 is 2.56 bits per heavy atom. The van der Waals surface area contributed by atoms with E-state index < -0.39 is 0 Å². The zero-order chi connectivity index (χ0) is 13.4. The van der Waals surface area contributed by atoms with Crippen molar-refractivity contribution in [3.05, 3.63) is 0 Å². The smallest absolute Gasteiger partial charge is 0.236 e. The van der Waals surface area contributed by atoms with Crippen LogP contribution in [0.2, 0.25) is 0 Å². The lowest BCUT2D eigenvalue weighted by molar-refractivity contribution is -0.130. The molecule has 5 nitrogen and oxygen atoms in total. The molecule has 0 unspecified atom stereocenters. The van der Waals surface area contributed by atoms with Gasteiger partial charge in [0.25, 0.3) is 0 Å². The lowest BCUT2D eigenvalue weighted by Crippen LogP contribution is -2.39. The Hall–Kier alpha value is -1.12. The molecule has 102 valence electrons. The third-order valence-electron chi connectivity index (χ3n) is 3.39.